The standard InChI is InChI=1S/C64H82N4/c1-11-17-21-25-29-51-43(7)61-59(49-37-33-47(15-5)34-38-49)62-45(9)53(31-27-23-19-13-3)57(67-62)42-58-54(32-28-24-20-14-4)46(10)64(68-58)60(50-39-35-48(16-6)36-40-50)63-44(8)52(30-26-22-18-12-2)56(66-63)41-55(51)65-61/h15-16,33-42,65,68H,5-6,11-14,17-32H2,1-4,7-10H3. The minimum Gasteiger partial charge on any atom is -0.354 e. The van der Waals surface area contributed by atoms with E-state index in [0.717, 1.165) is 85.3 Å². The van der Waals surface area contributed by atoms with Crippen molar-refractivity contribution < 1.29 is 0 Å². The van der Waals surface area contributed by atoms with Gasteiger partial charge in [0.15, 0.2) is 0 Å². The second-order valence-electron chi connectivity index (χ2n) is 19.9. The zero-order chi connectivity index (χ0) is 48.2. The molecule has 0 fully saturated rings. The number of allylic oxidation sites excluding steroid dienone is 4. The Morgan fingerprint density at radius 2 is 0.779 bits per heavy atom. The molecule has 4 nitrogen and oxygen atoms in total. The zero-order valence-electron chi connectivity index (χ0n) is 43.4. The molecule has 0 amide bonds. The summed E-state index contributed by atoms with van der Waals surface area (Å²) in [5.41, 5.74) is 26.8. The lowest BCUT2D eigenvalue weighted by molar-refractivity contribution is 0.667. The molecule has 2 aromatic carbocycles. The highest BCUT2D eigenvalue weighted by molar-refractivity contribution is 6.03. The molecule has 0 radical (unpaired) electrons. The lowest BCUT2D eigenvalue weighted by atomic mass is 9.93. The largest absolute Gasteiger partial charge is 0.354 e. The Kier molecular flexibility index (Phi) is 17.9. The Hall–Kier alpha value is -5.48. The highest BCUT2D eigenvalue weighted by atomic mass is 14.8. The quantitative estimate of drug-likeness (QED) is 0.0606. The van der Waals surface area contributed by atoms with Crippen molar-refractivity contribution in [3.8, 4) is 22.3 Å². The van der Waals surface area contributed by atoms with Crippen LogP contribution in [0.3, 0.4) is 0 Å². The summed E-state index contributed by atoms with van der Waals surface area (Å²) in [5, 5.41) is 0. The molecule has 0 saturated heterocycles. The number of nitrogens with one attached hydrogen (secondary N) is 2. The molecule has 0 unspecified atom stereocenters. The lowest BCUT2D eigenvalue weighted by Crippen LogP contribution is -1.91. The molecule has 4 heteroatoms. The van der Waals surface area contributed by atoms with Crippen LogP contribution >= 0.6 is 0 Å². The summed E-state index contributed by atoms with van der Waals surface area (Å²) in [4.78, 5) is 20.0. The van der Waals surface area contributed by atoms with Gasteiger partial charge >= 0.3 is 0 Å². The lowest BCUT2D eigenvalue weighted by Gasteiger charge is -2.09. The molecule has 5 heterocycles. The summed E-state index contributed by atoms with van der Waals surface area (Å²) >= 11 is 0. The summed E-state index contributed by atoms with van der Waals surface area (Å²) in [6.07, 6.45) is 27.3. The number of aromatic nitrogens is 4. The van der Waals surface area contributed by atoms with E-state index in [1.165, 1.54) is 166 Å². The molecular formula is C64H82N4. The molecule has 0 saturated carbocycles. The number of unbranched alkanes of at least 4 members (excludes halogenated alkanes) is 12. The van der Waals surface area contributed by atoms with E-state index < -0.39 is 0 Å². The van der Waals surface area contributed by atoms with Crippen molar-refractivity contribution >= 4 is 56.5 Å². The van der Waals surface area contributed by atoms with Crippen molar-refractivity contribution in [3.63, 3.8) is 0 Å². The Bertz CT molecular complexity index is 2590. The van der Waals surface area contributed by atoms with Gasteiger partial charge in [-0.3, -0.25) is 0 Å². The van der Waals surface area contributed by atoms with E-state index in [0.29, 0.717) is 0 Å². The average molecular weight is 907 g/mol. The third-order valence-electron chi connectivity index (χ3n) is 15.1. The van der Waals surface area contributed by atoms with Crippen LogP contribution in [-0.4, -0.2) is 19.9 Å². The van der Waals surface area contributed by atoms with Crippen LogP contribution in [0.2, 0.25) is 0 Å². The van der Waals surface area contributed by atoms with E-state index in [-0.39, 0.29) is 0 Å². The SMILES string of the molecule is C=Cc1ccc(-c2c3nc(cc4[nH]c(c(C)c4CCCCCC)c(-c4ccc(C=C)cc4)c4nc(cc5[nH]c2c(C)c5CCCCCC)C(CCCCCC)=C4C)C(CCCCCC)=C3C)cc1. The summed E-state index contributed by atoms with van der Waals surface area (Å²) in [5.74, 6) is 0. The number of hydrogen-bond acceptors (Lipinski definition) is 2. The molecule has 2 aliphatic rings. The van der Waals surface area contributed by atoms with Crippen LogP contribution in [0.15, 0.2) is 73.8 Å². The first kappa shape index (κ1) is 50.4. The van der Waals surface area contributed by atoms with Crippen molar-refractivity contribution in [1.29, 1.82) is 0 Å². The topological polar surface area (TPSA) is 57.4 Å². The van der Waals surface area contributed by atoms with Gasteiger partial charge in [-0.2, -0.15) is 0 Å². The van der Waals surface area contributed by atoms with Crippen LogP contribution < -0.4 is 0 Å². The third kappa shape index (κ3) is 11.2. The van der Waals surface area contributed by atoms with E-state index in [1.807, 2.05) is 12.2 Å². The number of fused-ring (bicyclic) bond motifs is 8. The van der Waals surface area contributed by atoms with E-state index in [1.54, 1.807) is 0 Å². The summed E-state index contributed by atoms with van der Waals surface area (Å²) in [6, 6.07) is 22.8. The predicted molar refractivity (Wildman–Crippen MR) is 300 cm³/mol. The van der Waals surface area contributed by atoms with Gasteiger partial charge in [-0.05, 0) is 158 Å². The van der Waals surface area contributed by atoms with Gasteiger partial charge in [0, 0.05) is 22.2 Å². The summed E-state index contributed by atoms with van der Waals surface area (Å²) < 4.78 is 0. The average Bonchev–Trinajstić information content (AvgIpc) is 4.03. The van der Waals surface area contributed by atoms with Crippen molar-refractivity contribution in [2.45, 2.75) is 184 Å². The molecule has 68 heavy (non-hydrogen) atoms. The number of benzene rings is 2. The Morgan fingerprint density at radius 3 is 1.10 bits per heavy atom. The van der Waals surface area contributed by atoms with Crippen LogP contribution in [0.5, 0.6) is 0 Å². The van der Waals surface area contributed by atoms with Crippen LogP contribution in [0.1, 0.15) is 213 Å². The fourth-order valence-corrected chi connectivity index (χ4v) is 10.8. The van der Waals surface area contributed by atoms with Gasteiger partial charge in [-0.25, -0.2) is 9.97 Å². The van der Waals surface area contributed by atoms with Gasteiger partial charge < -0.3 is 9.97 Å². The maximum Gasteiger partial charge on any atom is 0.0769 e. The number of H-pyrrole nitrogens is 2. The highest BCUT2D eigenvalue weighted by Crippen LogP contribution is 2.45. The molecule has 2 N–H and O–H groups in total. The van der Waals surface area contributed by atoms with E-state index >= 15 is 0 Å². The van der Waals surface area contributed by atoms with Crippen molar-refractivity contribution in [2.75, 3.05) is 0 Å². The summed E-state index contributed by atoms with van der Waals surface area (Å²) in [6.45, 7) is 26.8. The fraction of sp³-hybridized carbons (Fsp3) is 0.438. The molecule has 0 aliphatic carbocycles. The van der Waals surface area contributed by atoms with Gasteiger partial charge in [-0.15, -0.1) is 0 Å². The molecule has 8 bridgehead atoms. The molecule has 7 rings (SSSR count). The minimum atomic E-state index is 1.00. The van der Waals surface area contributed by atoms with E-state index in [2.05, 4.69) is 139 Å². The smallest absolute Gasteiger partial charge is 0.0769 e. The van der Waals surface area contributed by atoms with Crippen LogP contribution in [0.25, 0.3) is 78.8 Å². The van der Waals surface area contributed by atoms with Crippen molar-refractivity contribution in [1.82, 2.24) is 19.9 Å². The number of aryl methyl sites for hydroxylation is 4. The molecule has 3 aromatic heterocycles. The Labute approximate surface area is 410 Å². The van der Waals surface area contributed by atoms with E-state index in [4.69, 9.17) is 9.97 Å². The van der Waals surface area contributed by atoms with Gasteiger partial charge in [0.2, 0.25) is 0 Å². The maximum absolute atomic E-state index is 5.84. The molecule has 0 atom stereocenters. The second kappa shape index (κ2) is 24.2. The Morgan fingerprint density at radius 1 is 0.441 bits per heavy atom. The Balaban J connectivity index is 1.69. The van der Waals surface area contributed by atoms with Gasteiger partial charge in [0.1, 0.15) is 0 Å². The number of rotatable bonds is 24. The number of hydrogen-bond donors (Lipinski definition) is 2. The first-order valence-corrected chi connectivity index (χ1v) is 26.8. The maximum atomic E-state index is 5.84. The number of nitrogens with zero attached hydrogens (tertiary/aromatic N) is 2. The highest BCUT2D eigenvalue weighted by Gasteiger charge is 2.27. The van der Waals surface area contributed by atoms with Crippen molar-refractivity contribution in [3.05, 3.63) is 130 Å². The minimum absolute atomic E-state index is 1.00. The normalized spacial score (nSPS) is 12.7. The summed E-state index contributed by atoms with van der Waals surface area (Å²) in [7, 11) is 0. The molecule has 2 aliphatic heterocycles. The fourth-order valence-electron chi connectivity index (χ4n) is 10.8. The van der Waals surface area contributed by atoms with E-state index in [9.17, 15) is 0 Å². The predicted octanol–water partition coefficient (Wildman–Crippen LogP) is 19.6. The van der Waals surface area contributed by atoms with Crippen molar-refractivity contribution in [2.24, 2.45) is 0 Å². The molecule has 5 aromatic rings. The van der Waals surface area contributed by atoms with Gasteiger partial charge in [0.25, 0.3) is 0 Å². The van der Waals surface area contributed by atoms with Crippen LogP contribution in [0.4, 0.5) is 0 Å². The number of aromatic amines is 2. The first-order chi connectivity index (χ1) is 33.2. The third-order valence-corrected chi connectivity index (χ3v) is 15.1. The zero-order valence-corrected chi connectivity index (χ0v) is 43.4. The van der Waals surface area contributed by atoms with Crippen LogP contribution in [-0.2, 0) is 12.8 Å². The monoisotopic (exact) mass is 907 g/mol. The van der Waals surface area contributed by atoms with Gasteiger partial charge in [-0.1, -0.05) is 179 Å². The second-order valence-corrected chi connectivity index (χ2v) is 19.9. The molecular weight excluding hydrogens is 825 g/mol. The van der Waals surface area contributed by atoms with Gasteiger partial charge in [0.05, 0.1) is 33.8 Å². The first-order valence-electron chi connectivity index (χ1n) is 26.8. The van der Waals surface area contributed by atoms with Crippen LogP contribution in [0, 0.1) is 13.8 Å². The molecule has 0 spiro atoms. The molecule has 358 valence electrons.